The van der Waals surface area contributed by atoms with Crippen molar-refractivity contribution in [2.24, 2.45) is 5.41 Å². The van der Waals surface area contributed by atoms with E-state index in [0.717, 1.165) is 57.7 Å². The molecule has 0 aliphatic carbocycles. The van der Waals surface area contributed by atoms with Crippen LogP contribution in [-0.4, -0.2) is 54.7 Å². The molecule has 3 heterocycles. The zero-order valence-corrected chi connectivity index (χ0v) is 19.2. The molecule has 2 aliphatic rings. The topological polar surface area (TPSA) is 85.8 Å². The first kappa shape index (κ1) is 23.1. The Morgan fingerprint density at radius 2 is 1.70 bits per heavy atom. The second-order valence-electron chi connectivity index (χ2n) is 9.40. The van der Waals surface area contributed by atoms with E-state index < -0.39 is 5.97 Å². The molecular formula is C26H34N4O3. The maximum absolute atomic E-state index is 12.6. The van der Waals surface area contributed by atoms with Crippen LogP contribution < -0.4 is 15.1 Å². The fourth-order valence-electron chi connectivity index (χ4n) is 5.05. The van der Waals surface area contributed by atoms with Gasteiger partial charge in [0.1, 0.15) is 5.82 Å². The quantitative estimate of drug-likeness (QED) is 0.533. The Balaban J connectivity index is 1.26. The predicted molar refractivity (Wildman–Crippen MR) is 130 cm³/mol. The van der Waals surface area contributed by atoms with Crippen LogP contribution in [0.3, 0.4) is 0 Å². The van der Waals surface area contributed by atoms with Gasteiger partial charge in [-0.15, -0.1) is 0 Å². The van der Waals surface area contributed by atoms with Crippen LogP contribution in [0.5, 0.6) is 0 Å². The molecule has 176 valence electrons. The molecule has 0 saturated carbocycles. The highest BCUT2D eigenvalue weighted by Gasteiger charge is 2.43. The van der Waals surface area contributed by atoms with Gasteiger partial charge >= 0.3 is 5.97 Å². The number of carboxylic acid groups (broad SMARTS) is 1. The summed E-state index contributed by atoms with van der Waals surface area (Å²) in [6, 6.07) is 14.3. The van der Waals surface area contributed by atoms with Crippen LogP contribution in [-0.2, 0) is 4.79 Å². The molecule has 2 N–H and O–H groups in total. The van der Waals surface area contributed by atoms with Gasteiger partial charge in [0.05, 0.1) is 0 Å². The number of carbonyl (C=O) groups excluding carboxylic acids is 1. The Kier molecular flexibility index (Phi) is 7.47. The molecule has 2 fully saturated rings. The first-order valence-electron chi connectivity index (χ1n) is 12.1. The predicted octanol–water partition coefficient (Wildman–Crippen LogP) is 3.95. The summed E-state index contributed by atoms with van der Waals surface area (Å²) in [7, 11) is 0. The van der Waals surface area contributed by atoms with Gasteiger partial charge in [0, 0.05) is 62.0 Å². The Labute approximate surface area is 195 Å². The number of anilines is 2. The Bertz CT molecular complexity index is 952. The van der Waals surface area contributed by atoms with Gasteiger partial charge in [0.2, 0.25) is 0 Å². The van der Waals surface area contributed by atoms with Crippen molar-refractivity contribution in [3.05, 3.63) is 54.2 Å². The molecule has 1 spiro atoms. The molecule has 2 saturated heterocycles. The van der Waals surface area contributed by atoms with Crippen LogP contribution in [0, 0.1) is 5.41 Å². The number of aromatic nitrogens is 1. The van der Waals surface area contributed by atoms with Crippen molar-refractivity contribution in [3.63, 3.8) is 0 Å². The van der Waals surface area contributed by atoms with E-state index >= 15 is 0 Å². The summed E-state index contributed by atoms with van der Waals surface area (Å²) in [5, 5.41) is 11.6. The minimum Gasteiger partial charge on any atom is -0.481 e. The number of amides is 1. The number of rotatable bonds is 10. The summed E-state index contributed by atoms with van der Waals surface area (Å²) >= 11 is 0. The molecular weight excluding hydrogens is 416 g/mol. The number of nitrogens with one attached hydrogen (secondary N) is 1. The van der Waals surface area contributed by atoms with Crippen molar-refractivity contribution in [2.45, 2.75) is 44.9 Å². The minimum absolute atomic E-state index is 0.0748. The van der Waals surface area contributed by atoms with E-state index in [4.69, 9.17) is 5.11 Å². The molecule has 1 amide bonds. The zero-order valence-electron chi connectivity index (χ0n) is 19.2. The lowest BCUT2D eigenvalue weighted by Crippen LogP contribution is -2.31. The molecule has 1 unspecified atom stereocenters. The highest BCUT2D eigenvalue weighted by Crippen LogP contribution is 2.42. The van der Waals surface area contributed by atoms with Gasteiger partial charge in [-0.3, -0.25) is 9.59 Å². The minimum atomic E-state index is -0.748. The summed E-state index contributed by atoms with van der Waals surface area (Å²) < 4.78 is 0. The number of unbranched alkanes of at least 4 members (excludes halogenated alkanes) is 3. The molecule has 4 rings (SSSR count). The molecule has 0 bridgehead atoms. The summed E-state index contributed by atoms with van der Waals surface area (Å²) in [6.07, 6.45) is 7.62. The van der Waals surface area contributed by atoms with E-state index in [-0.39, 0.29) is 17.7 Å². The highest BCUT2D eigenvalue weighted by atomic mass is 16.4. The molecule has 2 aliphatic heterocycles. The third-order valence-corrected chi connectivity index (χ3v) is 6.93. The van der Waals surface area contributed by atoms with Gasteiger partial charge < -0.3 is 20.2 Å². The smallest absolute Gasteiger partial charge is 0.303 e. The molecule has 2 aromatic rings. The molecule has 7 heteroatoms. The summed E-state index contributed by atoms with van der Waals surface area (Å²) in [4.78, 5) is 32.5. The number of carbonyl (C=O) groups is 2. The van der Waals surface area contributed by atoms with Crippen LogP contribution in [0.4, 0.5) is 11.5 Å². The number of benzene rings is 1. The maximum atomic E-state index is 12.6. The number of nitrogens with zero attached hydrogens (tertiary/aromatic N) is 3. The summed E-state index contributed by atoms with van der Waals surface area (Å²) in [5.74, 6) is 0.0581. The molecule has 33 heavy (non-hydrogen) atoms. The van der Waals surface area contributed by atoms with Crippen molar-refractivity contribution in [3.8, 4) is 0 Å². The second-order valence-corrected chi connectivity index (χ2v) is 9.40. The Morgan fingerprint density at radius 3 is 2.48 bits per heavy atom. The first-order valence-corrected chi connectivity index (χ1v) is 12.1. The third kappa shape index (κ3) is 6.03. The van der Waals surface area contributed by atoms with Gasteiger partial charge in [-0.05, 0) is 49.9 Å². The number of pyridine rings is 1. The molecule has 7 nitrogen and oxygen atoms in total. The van der Waals surface area contributed by atoms with Gasteiger partial charge in [-0.2, -0.15) is 0 Å². The SMILES string of the molecule is O=C(O)CCCCCCNC(=O)c1ccnc(N2CCC3(CCN(c4ccccc4)C3)C2)c1. The number of aliphatic carboxylic acids is 1. The van der Waals surface area contributed by atoms with E-state index in [1.54, 1.807) is 12.3 Å². The van der Waals surface area contributed by atoms with Crippen molar-refractivity contribution in [1.82, 2.24) is 10.3 Å². The first-order chi connectivity index (χ1) is 16.0. The Hall–Kier alpha value is -3.09. The summed E-state index contributed by atoms with van der Waals surface area (Å²) in [5.41, 5.74) is 2.23. The normalized spacial score (nSPS) is 19.9. The fraction of sp³-hybridized carbons (Fsp3) is 0.500. The number of para-hydroxylation sites is 1. The average Bonchev–Trinajstić information content (AvgIpc) is 3.45. The number of hydrogen-bond donors (Lipinski definition) is 2. The lowest BCUT2D eigenvalue weighted by molar-refractivity contribution is -0.137. The number of hydrogen-bond acceptors (Lipinski definition) is 5. The van der Waals surface area contributed by atoms with Crippen LogP contribution in [0.15, 0.2) is 48.7 Å². The molecule has 1 aromatic heterocycles. The standard InChI is InChI=1S/C26H34N4O3/c31-24(32)10-6-1-2-7-14-28-25(33)21-11-15-27-23(18-21)30-17-13-26(20-30)12-16-29(19-26)22-8-4-3-5-9-22/h3-5,8-9,11,15,18H,1-2,6-7,10,12-14,16-17,19-20H2,(H,28,33)(H,31,32). The van der Waals surface area contributed by atoms with Gasteiger partial charge in [0.15, 0.2) is 0 Å². The van der Waals surface area contributed by atoms with Crippen molar-refractivity contribution >= 4 is 23.4 Å². The molecule has 1 atom stereocenters. The van der Waals surface area contributed by atoms with Crippen molar-refractivity contribution in [1.29, 1.82) is 0 Å². The van der Waals surface area contributed by atoms with E-state index in [0.29, 0.717) is 18.5 Å². The maximum Gasteiger partial charge on any atom is 0.303 e. The molecule has 1 aromatic carbocycles. The van der Waals surface area contributed by atoms with Crippen molar-refractivity contribution < 1.29 is 14.7 Å². The summed E-state index contributed by atoms with van der Waals surface area (Å²) in [6.45, 7) is 4.71. The monoisotopic (exact) mass is 450 g/mol. The molecule has 0 radical (unpaired) electrons. The van der Waals surface area contributed by atoms with Crippen LogP contribution in [0.25, 0.3) is 0 Å². The third-order valence-electron chi connectivity index (χ3n) is 6.93. The lowest BCUT2D eigenvalue weighted by atomic mass is 9.86. The van der Waals surface area contributed by atoms with Crippen LogP contribution in [0.1, 0.15) is 55.3 Å². The highest BCUT2D eigenvalue weighted by molar-refractivity contribution is 5.94. The van der Waals surface area contributed by atoms with Crippen molar-refractivity contribution in [2.75, 3.05) is 42.5 Å². The second kappa shape index (κ2) is 10.7. The Morgan fingerprint density at radius 1 is 0.970 bits per heavy atom. The largest absolute Gasteiger partial charge is 0.481 e. The van der Waals surface area contributed by atoms with Crippen LogP contribution >= 0.6 is 0 Å². The van der Waals surface area contributed by atoms with E-state index in [9.17, 15) is 9.59 Å². The van der Waals surface area contributed by atoms with Gasteiger partial charge in [0.25, 0.3) is 5.91 Å². The van der Waals surface area contributed by atoms with E-state index in [1.165, 1.54) is 12.1 Å². The van der Waals surface area contributed by atoms with Crippen LogP contribution in [0.2, 0.25) is 0 Å². The average molecular weight is 451 g/mol. The number of carboxylic acids is 1. The van der Waals surface area contributed by atoms with Gasteiger partial charge in [-0.25, -0.2) is 4.98 Å². The lowest BCUT2D eigenvalue weighted by Gasteiger charge is -2.26. The van der Waals surface area contributed by atoms with Gasteiger partial charge in [-0.1, -0.05) is 31.0 Å². The van der Waals surface area contributed by atoms with E-state index in [1.807, 2.05) is 6.07 Å². The zero-order chi connectivity index (χ0) is 23.1. The fourth-order valence-corrected chi connectivity index (χ4v) is 5.05. The van der Waals surface area contributed by atoms with E-state index in [2.05, 4.69) is 50.4 Å².